The van der Waals surface area contributed by atoms with Crippen molar-refractivity contribution in [1.29, 1.82) is 0 Å². The van der Waals surface area contributed by atoms with Crippen molar-refractivity contribution >= 4 is 29.5 Å². The van der Waals surface area contributed by atoms with E-state index in [2.05, 4.69) is 10.6 Å². The Morgan fingerprint density at radius 1 is 0.903 bits per heavy atom. The molecule has 0 aromatic heterocycles. The molecule has 1 fully saturated rings. The van der Waals surface area contributed by atoms with E-state index in [1.54, 1.807) is 36.0 Å². The molecule has 1 aliphatic rings. The summed E-state index contributed by atoms with van der Waals surface area (Å²) in [7, 11) is 1.39. The summed E-state index contributed by atoms with van der Waals surface area (Å²) in [4.78, 5) is 36.9. The highest BCUT2D eigenvalue weighted by Crippen LogP contribution is 2.32. The minimum atomic E-state index is -0.207. The van der Waals surface area contributed by atoms with Crippen LogP contribution in [0.15, 0.2) is 60.7 Å². The monoisotopic (exact) mass is 440 g/mol. The number of ether oxygens (including phenoxy) is 1. The molecule has 3 atom stereocenters. The van der Waals surface area contributed by atoms with E-state index < -0.39 is 0 Å². The highest BCUT2D eigenvalue weighted by atomic mass is 32.2. The zero-order valence-corrected chi connectivity index (χ0v) is 18.4. The molecular weight excluding hydrogens is 412 g/mol. The first kappa shape index (κ1) is 22.9. The van der Waals surface area contributed by atoms with Crippen molar-refractivity contribution < 1.29 is 19.1 Å². The third-order valence-electron chi connectivity index (χ3n) is 5.36. The number of hydrogen-bond donors (Lipinski definition) is 2. The number of methoxy groups -OCH3 is 1. The van der Waals surface area contributed by atoms with E-state index in [-0.39, 0.29) is 35.1 Å². The number of carbonyl (C=O) groups excluding carboxylic acids is 3. The molecule has 6 nitrogen and oxygen atoms in total. The second kappa shape index (κ2) is 11.6. The van der Waals surface area contributed by atoms with Crippen LogP contribution in [0.25, 0.3) is 0 Å². The van der Waals surface area contributed by atoms with Crippen molar-refractivity contribution in [3.8, 4) is 0 Å². The quantitative estimate of drug-likeness (QED) is 0.461. The molecule has 1 saturated heterocycles. The predicted molar refractivity (Wildman–Crippen MR) is 122 cm³/mol. The van der Waals surface area contributed by atoms with Gasteiger partial charge in [-0.05, 0) is 37.1 Å². The molecule has 2 N–H and O–H groups in total. The Balaban J connectivity index is 1.66. The van der Waals surface area contributed by atoms with E-state index in [0.29, 0.717) is 17.5 Å². The first-order chi connectivity index (χ1) is 15.1. The lowest BCUT2D eigenvalue weighted by molar-refractivity contribution is -0.140. The minimum absolute atomic E-state index is 0.142. The normalized spacial score (nSPS) is 20.1. The predicted octanol–water partition coefficient (Wildman–Crippen LogP) is 3.43. The van der Waals surface area contributed by atoms with Gasteiger partial charge in [-0.3, -0.25) is 14.4 Å². The fraction of sp³-hybridized carbons (Fsp3) is 0.375. The average molecular weight is 441 g/mol. The zero-order valence-electron chi connectivity index (χ0n) is 17.6. The van der Waals surface area contributed by atoms with Crippen molar-refractivity contribution in [2.75, 3.05) is 12.9 Å². The van der Waals surface area contributed by atoms with Gasteiger partial charge in [-0.15, -0.1) is 0 Å². The smallest absolute Gasteiger partial charge is 0.305 e. The van der Waals surface area contributed by atoms with Crippen LogP contribution in [0.1, 0.15) is 46.4 Å². The fourth-order valence-electron chi connectivity index (χ4n) is 3.66. The second-order valence-corrected chi connectivity index (χ2v) is 8.78. The molecule has 0 radical (unpaired) electrons. The van der Waals surface area contributed by atoms with Gasteiger partial charge in [-0.25, -0.2) is 0 Å². The van der Waals surface area contributed by atoms with E-state index in [1.807, 2.05) is 36.4 Å². The molecule has 0 spiro atoms. The van der Waals surface area contributed by atoms with Crippen LogP contribution in [0.2, 0.25) is 0 Å². The van der Waals surface area contributed by atoms with E-state index >= 15 is 0 Å². The number of amides is 2. The maximum atomic E-state index is 12.8. The molecule has 0 unspecified atom stereocenters. The molecule has 1 heterocycles. The van der Waals surface area contributed by atoms with Crippen LogP contribution in [0.3, 0.4) is 0 Å². The van der Waals surface area contributed by atoms with Gasteiger partial charge in [0.1, 0.15) is 0 Å². The summed E-state index contributed by atoms with van der Waals surface area (Å²) < 4.78 is 4.70. The van der Waals surface area contributed by atoms with E-state index in [4.69, 9.17) is 4.74 Å². The highest BCUT2D eigenvalue weighted by Gasteiger charge is 2.38. The number of thioether (sulfide) groups is 1. The number of carbonyl (C=O) groups is 3. The molecule has 0 saturated carbocycles. The summed E-state index contributed by atoms with van der Waals surface area (Å²) in [5.41, 5.74) is 1.19. The molecule has 164 valence electrons. The number of rotatable bonds is 9. The van der Waals surface area contributed by atoms with Gasteiger partial charge < -0.3 is 15.4 Å². The zero-order chi connectivity index (χ0) is 22.1. The summed E-state index contributed by atoms with van der Waals surface area (Å²) in [5, 5.41) is 6.41. The van der Waals surface area contributed by atoms with Gasteiger partial charge in [0.05, 0.1) is 19.2 Å². The summed E-state index contributed by atoms with van der Waals surface area (Å²) in [6.07, 6.45) is 2.83. The molecule has 2 aromatic carbocycles. The Morgan fingerprint density at radius 3 is 2.06 bits per heavy atom. The summed E-state index contributed by atoms with van der Waals surface area (Å²) in [6.45, 7) is 0. The lowest BCUT2D eigenvalue weighted by Gasteiger charge is -2.26. The lowest BCUT2D eigenvalue weighted by atomic mass is 10.00. The van der Waals surface area contributed by atoms with Crippen LogP contribution in [0, 0.1) is 0 Å². The first-order valence-electron chi connectivity index (χ1n) is 10.5. The standard InChI is InChI=1S/C24H28N2O4S/c1-30-21(27)15-9-8-14-20-22(26-24(29)18-12-6-3-7-13-18)19(16-31-20)25-23(28)17-10-4-2-5-11-17/h2-7,10-13,19-20,22H,8-9,14-16H2,1H3,(H,25,28)(H,26,29)/t19-,20-,22-/m1/s1. The Labute approximate surface area is 187 Å². The van der Waals surface area contributed by atoms with Crippen LogP contribution >= 0.6 is 11.8 Å². The Hall–Kier alpha value is -2.80. The van der Waals surface area contributed by atoms with Crippen LogP contribution in [0.4, 0.5) is 0 Å². The Bertz CT molecular complexity index is 876. The molecule has 3 rings (SSSR count). The third-order valence-corrected chi connectivity index (χ3v) is 6.87. The van der Waals surface area contributed by atoms with Gasteiger partial charge in [0.15, 0.2) is 0 Å². The molecule has 0 aliphatic carbocycles. The number of hydrogen-bond acceptors (Lipinski definition) is 5. The van der Waals surface area contributed by atoms with E-state index in [1.165, 1.54) is 7.11 Å². The number of unbranched alkanes of at least 4 members (excludes halogenated alkanes) is 1. The Kier molecular flexibility index (Phi) is 8.53. The van der Waals surface area contributed by atoms with Gasteiger partial charge in [0.2, 0.25) is 0 Å². The maximum Gasteiger partial charge on any atom is 0.305 e. The summed E-state index contributed by atoms with van der Waals surface area (Å²) in [5.74, 6) is 0.226. The molecule has 2 amide bonds. The number of esters is 1. The molecular formula is C24H28N2O4S. The molecule has 0 bridgehead atoms. The molecule has 7 heteroatoms. The number of nitrogens with one attached hydrogen (secondary N) is 2. The molecule has 31 heavy (non-hydrogen) atoms. The van der Waals surface area contributed by atoms with Gasteiger partial charge in [-0.2, -0.15) is 11.8 Å². The van der Waals surface area contributed by atoms with E-state index in [0.717, 1.165) is 25.0 Å². The first-order valence-corrected chi connectivity index (χ1v) is 11.5. The van der Waals surface area contributed by atoms with Gasteiger partial charge >= 0.3 is 5.97 Å². The largest absolute Gasteiger partial charge is 0.469 e. The Morgan fingerprint density at radius 2 is 1.48 bits per heavy atom. The topological polar surface area (TPSA) is 84.5 Å². The average Bonchev–Trinajstić information content (AvgIpc) is 3.18. The SMILES string of the molecule is COC(=O)CCCC[C@H]1SC[C@@H](NC(=O)c2ccccc2)[C@H]1NC(=O)c1ccccc1. The molecule has 2 aromatic rings. The summed E-state index contributed by atoms with van der Waals surface area (Å²) in [6, 6.07) is 17.8. The van der Waals surface area contributed by atoms with Gasteiger partial charge in [0.25, 0.3) is 11.8 Å². The number of benzene rings is 2. The third kappa shape index (κ3) is 6.59. The van der Waals surface area contributed by atoms with Crippen LogP contribution in [-0.4, -0.2) is 48.0 Å². The minimum Gasteiger partial charge on any atom is -0.469 e. The van der Waals surface area contributed by atoms with Crippen molar-refractivity contribution in [2.24, 2.45) is 0 Å². The highest BCUT2D eigenvalue weighted by molar-refractivity contribution is 8.00. The summed E-state index contributed by atoms with van der Waals surface area (Å²) >= 11 is 1.75. The van der Waals surface area contributed by atoms with E-state index in [9.17, 15) is 14.4 Å². The maximum absolute atomic E-state index is 12.8. The van der Waals surface area contributed by atoms with Crippen molar-refractivity contribution in [2.45, 2.75) is 43.0 Å². The van der Waals surface area contributed by atoms with Crippen molar-refractivity contribution in [1.82, 2.24) is 10.6 Å². The van der Waals surface area contributed by atoms with Crippen molar-refractivity contribution in [3.05, 3.63) is 71.8 Å². The fourth-order valence-corrected chi connectivity index (χ4v) is 5.21. The van der Waals surface area contributed by atoms with Crippen LogP contribution < -0.4 is 10.6 Å². The van der Waals surface area contributed by atoms with Crippen molar-refractivity contribution in [3.63, 3.8) is 0 Å². The lowest BCUT2D eigenvalue weighted by Crippen LogP contribution is -2.53. The second-order valence-electron chi connectivity index (χ2n) is 7.50. The van der Waals surface area contributed by atoms with Crippen LogP contribution in [-0.2, 0) is 9.53 Å². The van der Waals surface area contributed by atoms with Gasteiger partial charge in [0, 0.05) is 28.6 Å². The van der Waals surface area contributed by atoms with Crippen LogP contribution in [0.5, 0.6) is 0 Å². The molecule has 1 aliphatic heterocycles. The van der Waals surface area contributed by atoms with Gasteiger partial charge in [-0.1, -0.05) is 42.8 Å².